The molecule has 0 spiro atoms. The van der Waals surface area contributed by atoms with Crippen molar-refractivity contribution in [2.75, 3.05) is 31.5 Å². The van der Waals surface area contributed by atoms with Crippen LogP contribution >= 0.6 is 11.6 Å². The molecule has 5 nitrogen and oxygen atoms in total. The Kier molecular flexibility index (Phi) is 5.78. The van der Waals surface area contributed by atoms with E-state index in [0.29, 0.717) is 16.6 Å². The molecule has 4 bridgehead atoms. The van der Waals surface area contributed by atoms with E-state index in [1.165, 1.54) is 19.3 Å². The van der Waals surface area contributed by atoms with Crippen molar-refractivity contribution in [3.63, 3.8) is 0 Å². The lowest BCUT2D eigenvalue weighted by molar-refractivity contribution is -0.159. The average Bonchev–Trinajstić information content (AvgIpc) is 2.74. The largest absolute Gasteiger partial charge is 0.340 e. The van der Waals surface area contributed by atoms with Gasteiger partial charge < -0.3 is 10.2 Å². The topological polar surface area (TPSA) is 52.7 Å². The summed E-state index contributed by atoms with van der Waals surface area (Å²) in [4.78, 5) is 30.9. The van der Waals surface area contributed by atoms with Crippen LogP contribution in [-0.2, 0) is 9.59 Å². The van der Waals surface area contributed by atoms with Gasteiger partial charge in [0.15, 0.2) is 0 Å². The molecule has 6 heteroatoms. The van der Waals surface area contributed by atoms with E-state index in [4.69, 9.17) is 11.6 Å². The standard InChI is InChI=1S/C26H36ClN3O2/c1-16-8-17(2)23(22(27)9-16)28-24(31)18(3)29-4-6-30(7-5-29)25(32)26-13-19-10-20(14-26)12-21(11-19)15-26/h8-9,18-21H,4-7,10-15H2,1-3H3,(H,28,31). The molecule has 1 aromatic carbocycles. The summed E-state index contributed by atoms with van der Waals surface area (Å²) in [6, 6.07) is 3.65. The summed E-state index contributed by atoms with van der Waals surface area (Å²) in [5.74, 6) is 2.72. The highest BCUT2D eigenvalue weighted by Crippen LogP contribution is 2.60. The average molecular weight is 458 g/mol. The second kappa shape index (κ2) is 8.32. The van der Waals surface area contributed by atoms with Crippen LogP contribution in [0.5, 0.6) is 0 Å². The van der Waals surface area contributed by atoms with Gasteiger partial charge in [0.2, 0.25) is 11.8 Å². The second-order valence-electron chi connectivity index (χ2n) is 11.1. The molecule has 1 unspecified atom stereocenters. The molecule has 1 aromatic rings. The van der Waals surface area contributed by atoms with Crippen molar-refractivity contribution in [3.8, 4) is 0 Å². The van der Waals surface area contributed by atoms with Gasteiger partial charge in [-0.15, -0.1) is 0 Å². The molecule has 174 valence electrons. The molecule has 1 atom stereocenters. The first kappa shape index (κ1) is 22.2. The third-order valence-corrected chi connectivity index (χ3v) is 9.00. The third-order valence-electron chi connectivity index (χ3n) is 8.70. The molecule has 4 saturated carbocycles. The van der Waals surface area contributed by atoms with Crippen molar-refractivity contribution in [2.45, 2.75) is 65.3 Å². The van der Waals surface area contributed by atoms with Crippen LogP contribution in [-0.4, -0.2) is 53.8 Å². The summed E-state index contributed by atoms with van der Waals surface area (Å²) in [6.45, 7) is 8.85. The number of carbonyl (C=O) groups excluding carboxylic acids is 2. The summed E-state index contributed by atoms with van der Waals surface area (Å²) in [5.41, 5.74) is 2.68. The van der Waals surface area contributed by atoms with E-state index in [-0.39, 0.29) is 17.4 Å². The van der Waals surface area contributed by atoms with E-state index >= 15 is 0 Å². The van der Waals surface area contributed by atoms with Crippen LogP contribution in [0, 0.1) is 37.0 Å². The predicted octanol–water partition coefficient (Wildman–Crippen LogP) is 4.64. The second-order valence-corrected chi connectivity index (χ2v) is 11.5. The number of aryl methyl sites for hydroxylation is 2. The molecule has 0 aromatic heterocycles. The fourth-order valence-corrected chi connectivity index (χ4v) is 7.86. The number of amides is 2. The Morgan fingerprint density at radius 3 is 2.09 bits per heavy atom. The van der Waals surface area contributed by atoms with Gasteiger partial charge >= 0.3 is 0 Å². The predicted molar refractivity (Wildman–Crippen MR) is 128 cm³/mol. The van der Waals surface area contributed by atoms with Crippen molar-refractivity contribution in [3.05, 3.63) is 28.3 Å². The number of piperazine rings is 1. The summed E-state index contributed by atoms with van der Waals surface area (Å²) < 4.78 is 0. The van der Waals surface area contributed by atoms with Crippen molar-refractivity contribution < 1.29 is 9.59 Å². The fraction of sp³-hybridized carbons (Fsp3) is 0.692. The zero-order chi connectivity index (χ0) is 22.6. The van der Waals surface area contributed by atoms with Gasteiger partial charge in [0.25, 0.3) is 0 Å². The van der Waals surface area contributed by atoms with Gasteiger partial charge in [0.05, 0.1) is 22.2 Å². The molecular weight excluding hydrogens is 422 g/mol. The van der Waals surface area contributed by atoms with Crippen LogP contribution in [0.2, 0.25) is 5.02 Å². The lowest BCUT2D eigenvalue weighted by atomic mass is 9.49. The van der Waals surface area contributed by atoms with Gasteiger partial charge in [-0.05, 0) is 94.2 Å². The van der Waals surface area contributed by atoms with Gasteiger partial charge in [-0.1, -0.05) is 17.7 Å². The highest BCUT2D eigenvalue weighted by Gasteiger charge is 2.55. The van der Waals surface area contributed by atoms with Crippen LogP contribution in [0.4, 0.5) is 5.69 Å². The van der Waals surface area contributed by atoms with E-state index in [2.05, 4.69) is 15.1 Å². The van der Waals surface area contributed by atoms with Crippen molar-refractivity contribution in [2.24, 2.45) is 23.2 Å². The smallest absolute Gasteiger partial charge is 0.241 e. The van der Waals surface area contributed by atoms with Gasteiger partial charge in [-0.3, -0.25) is 14.5 Å². The monoisotopic (exact) mass is 457 g/mol. The van der Waals surface area contributed by atoms with Crippen LogP contribution in [0.1, 0.15) is 56.6 Å². The minimum Gasteiger partial charge on any atom is -0.340 e. The number of nitrogens with one attached hydrogen (secondary N) is 1. The molecule has 0 radical (unpaired) electrons. The Labute approximate surface area is 196 Å². The van der Waals surface area contributed by atoms with Crippen molar-refractivity contribution in [1.29, 1.82) is 0 Å². The first-order valence-corrected chi connectivity index (χ1v) is 12.7. The van der Waals surface area contributed by atoms with Gasteiger partial charge in [0, 0.05) is 26.2 Å². The summed E-state index contributed by atoms with van der Waals surface area (Å²) in [7, 11) is 0. The van der Waals surface area contributed by atoms with Crippen LogP contribution < -0.4 is 5.32 Å². The van der Waals surface area contributed by atoms with E-state index in [0.717, 1.165) is 74.3 Å². The SMILES string of the molecule is Cc1cc(C)c(NC(=O)C(C)N2CCN(C(=O)C34CC5CC(CC(C5)C3)C4)CC2)c(Cl)c1. The maximum Gasteiger partial charge on any atom is 0.241 e. The number of hydrogen-bond acceptors (Lipinski definition) is 3. The molecule has 1 saturated heterocycles. The summed E-state index contributed by atoms with van der Waals surface area (Å²) >= 11 is 6.38. The van der Waals surface area contributed by atoms with Gasteiger partial charge in [-0.2, -0.15) is 0 Å². The van der Waals surface area contributed by atoms with Crippen LogP contribution in [0.3, 0.4) is 0 Å². The third kappa shape index (κ3) is 3.96. The number of nitrogens with zero attached hydrogens (tertiary/aromatic N) is 2. The molecule has 5 fully saturated rings. The van der Waals surface area contributed by atoms with Crippen molar-refractivity contribution >= 4 is 29.1 Å². The molecule has 1 aliphatic heterocycles. The number of benzene rings is 1. The molecule has 5 aliphatic rings. The van der Waals surface area contributed by atoms with E-state index in [9.17, 15) is 9.59 Å². The quantitative estimate of drug-likeness (QED) is 0.716. The zero-order valence-electron chi connectivity index (χ0n) is 19.6. The Morgan fingerprint density at radius 1 is 1.00 bits per heavy atom. The molecule has 4 aliphatic carbocycles. The van der Waals surface area contributed by atoms with E-state index in [1.807, 2.05) is 32.9 Å². The fourth-order valence-electron chi connectivity index (χ4n) is 7.49. The van der Waals surface area contributed by atoms with Crippen LogP contribution in [0.25, 0.3) is 0 Å². The Bertz CT molecular complexity index is 863. The molecule has 2 amide bonds. The van der Waals surface area contributed by atoms with Gasteiger partial charge in [-0.25, -0.2) is 0 Å². The lowest BCUT2D eigenvalue weighted by Gasteiger charge is -2.57. The molecule has 1 heterocycles. The van der Waals surface area contributed by atoms with Gasteiger partial charge in [0.1, 0.15) is 0 Å². The molecular formula is C26H36ClN3O2. The van der Waals surface area contributed by atoms with Crippen molar-refractivity contribution in [1.82, 2.24) is 9.80 Å². The Morgan fingerprint density at radius 2 is 1.56 bits per heavy atom. The normalized spacial score (nSPS) is 32.8. The number of rotatable bonds is 4. The Hall–Kier alpha value is -1.59. The summed E-state index contributed by atoms with van der Waals surface area (Å²) in [6.07, 6.45) is 7.43. The lowest BCUT2D eigenvalue weighted by Crippen LogP contribution is -2.59. The van der Waals surface area contributed by atoms with E-state index < -0.39 is 0 Å². The maximum absolute atomic E-state index is 13.6. The highest BCUT2D eigenvalue weighted by atomic mass is 35.5. The molecule has 32 heavy (non-hydrogen) atoms. The van der Waals surface area contributed by atoms with E-state index in [1.54, 1.807) is 0 Å². The highest BCUT2D eigenvalue weighted by molar-refractivity contribution is 6.34. The zero-order valence-corrected chi connectivity index (χ0v) is 20.4. The number of anilines is 1. The first-order chi connectivity index (χ1) is 15.2. The van der Waals surface area contributed by atoms with Crippen LogP contribution in [0.15, 0.2) is 12.1 Å². The summed E-state index contributed by atoms with van der Waals surface area (Å²) in [5, 5.41) is 3.61. The minimum atomic E-state index is -0.261. The first-order valence-electron chi connectivity index (χ1n) is 12.3. The Balaban J connectivity index is 1.19. The molecule has 1 N–H and O–H groups in total. The number of halogens is 1. The number of carbonyl (C=O) groups is 2. The molecule has 6 rings (SSSR count). The minimum absolute atomic E-state index is 0.0419. The number of hydrogen-bond donors (Lipinski definition) is 1. The maximum atomic E-state index is 13.6.